The summed E-state index contributed by atoms with van der Waals surface area (Å²) in [7, 11) is -2.83. The Hall–Kier alpha value is -1.07. The molecule has 104 valence electrons. The average Bonchev–Trinajstić information content (AvgIpc) is 2.64. The zero-order valence-corrected chi connectivity index (χ0v) is 11.6. The maximum absolute atomic E-state index is 11.7. The van der Waals surface area contributed by atoms with Crippen LogP contribution in [0.2, 0.25) is 0 Å². The van der Waals surface area contributed by atoms with E-state index >= 15 is 0 Å². The van der Waals surface area contributed by atoms with E-state index in [0.29, 0.717) is 11.5 Å². The first-order chi connectivity index (χ1) is 8.99. The van der Waals surface area contributed by atoms with Gasteiger partial charge < -0.3 is 10.4 Å². The van der Waals surface area contributed by atoms with Gasteiger partial charge in [-0.1, -0.05) is 12.1 Å². The molecule has 2 fully saturated rings. The first-order valence-electron chi connectivity index (χ1n) is 6.68. The number of aromatic hydroxyl groups is 1. The summed E-state index contributed by atoms with van der Waals surface area (Å²) in [4.78, 5) is 0. The minimum Gasteiger partial charge on any atom is -0.508 e. The Labute approximate surface area is 113 Å². The minimum atomic E-state index is -2.83. The van der Waals surface area contributed by atoms with Gasteiger partial charge in [0.2, 0.25) is 0 Å². The summed E-state index contributed by atoms with van der Waals surface area (Å²) in [5, 5.41) is 12.8. The van der Waals surface area contributed by atoms with Gasteiger partial charge in [0, 0.05) is 18.5 Å². The summed E-state index contributed by atoms with van der Waals surface area (Å²) in [5.41, 5.74) is 1.14. The number of hydrogen-bond acceptors (Lipinski definition) is 4. The fourth-order valence-corrected chi connectivity index (χ4v) is 5.30. The van der Waals surface area contributed by atoms with Crippen molar-refractivity contribution in [1.29, 1.82) is 0 Å². The number of sulfone groups is 1. The lowest BCUT2D eigenvalue weighted by Gasteiger charge is -2.47. The Morgan fingerprint density at radius 2 is 2.16 bits per heavy atom. The molecule has 1 aromatic rings. The topological polar surface area (TPSA) is 66.4 Å². The largest absolute Gasteiger partial charge is 0.508 e. The van der Waals surface area contributed by atoms with Crippen LogP contribution in [0.25, 0.3) is 0 Å². The van der Waals surface area contributed by atoms with Gasteiger partial charge in [-0.2, -0.15) is 0 Å². The molecule has 3 rings (SSSR count). The van der Waals surface area contributed by atoms with Crippen LogP contribution in [0.3, 0.4) is 0 Å². The number of phenolic OH excluding ortho intramolecular Hbond substituents is 1. The first kappa shape index (κ1) is 12.9. The molecule has 2 aliphatic heterocycles. The van der Waals surface area contributed by atoms with E-state index in [-0.39, 0.29) is 17.1 Å². The normalized spacial score (nSPS) is 27.9. The van der Waals surface area contributed by atoms with Crippen LogP contribution in [0.4, 0.5) is 0 Å². The summed E-state index contributed by atoms with van der Waals surface area (Å²) in [6, 6.07) is 7.29. The van der Waals surface area contributed by atoms with Crippen molar-refractivity contribution in [3.63, 3.8) is 0 Å². The van der Waals surface area contributed by atoms with Crippen LogP contribution in [-0.4, -0.2) is 38.1 Å². The number of benzene rings is 1. The Kier molecular flexibility index (Phi) is 3.06. The van der Waals surface area contributed by atoms with E-state index in [1.165, 1.54) is 0 Å². The Morgan fingerprint density at radius 3 is 2.68 bits per heavy atom. The van der Waals surface area contributed by atoms with Gasteiger partial charge in [-0.25, -0.2) is 8.42 Å². The molecule has 1 aromatic carbocycles. The van der Waals surface area contributed by atoms with E-state index in [9.17, 15) is 13.5 Å². The zero-order chi connectivity index (χ0) is 13.5. The fourth-order valence-electron chi connectivity index (χ4n) is 3.36. The molecule has 0 spiro atoms. The maximum Gasteiger partial charge on any atom is 0.150 e. The molecule has 0 radical (unpaired) electrons. The molecular formula is C14H19NO3S. The van der Waals surface area contributed by atoms with Crippen molar-refractivity contribution in [1.82, 2.24) is 5.32 Å². The number of rotatable bonds is 3. The highest BCUT2D eigenvalue weighted by molar-refractivity contribution is 7.91. The van der Waals surface area contributed by atoms with Gasteiger partial charge in [0.05, 0.1) is 11.5 Å². The van der Waals surface area contributed by atoms with Crippen molar-refractivity contribution in [2.24, 2.45) is 11.3 Å². The van der Waals surface area contributed by atoms with E-state index in [1.54, 1.807) is 12.1 Å². The van der Waals surface area contributed by atoms with Crippen molar-refractivity contribution in [3.05, 3.63) is 29.8 Å². The summed E-state index contributed by atoms with van der Waals surface area (Å²) >= 11 is 0. The first-order valence-corrected chi connectivity index (χ1v) is 8.50. The molecule has 0 aromatic heterocycles. The van der Waals surface area contributed by atoms with E-state index in [4.69, 9.17) is 0 Å². The fraction of sp³-hybridized carbons (Fsp3) is 0.571. The van der Waals surface area contributed by atoms with Gasteiger partial charge in [-0.15, -0.1) is 0 Å². The lowest BCUT2D eigenvalue weighted by molar-refractivity contribution is 0.0924. The van der Waals surface area contributed by atoms with Crippen molar-refractivity contribution in [2.75, 3.05) is 24.6 Å². The molecule has 2 aliphatic rings. The molecule has 2 heterocycles. The van der Waals surface area contributed by atoms with E-state index < -0.39 is 9.84 Å². The predicted octanol–water partition coefficient (Wildman–Crippen LogP) is 0.959. The van der Waals surface area contributed by atoms with Gasteiger partial charge in [0.1, 0.15) is 5.75 Å². The number of phenols is 1. The van der Waals surface area contributed by atoms with E-state index in [1.807, 2.05) is 12.1 Å². The van der Waals surface area contributed by atoms with Crippen LogP contribution in [0.15, 0.2) is 24.3 Å². The molecule has 19 heavy (non-hydrogen) atoms. The monoisotopic (exact) mass is 281 g/mol. The summed E-state index contributed by atoms with van der Waals surface area (Å²) < 4.78 is 23.3. The second-order valence-corrected chi connectivity index (χ2v) is 8.14. The molecule has 0 saturated carbocycles. The van der Waals surface area contributed by atoms with Crippen LogP contribution < -0.4 is 5.32 Å². The lowest BCUT2D eigenvalue weighted by atomic mass is 9.67. The smallest absolute Gasteiger partial charge is 0.150 e. The Balaban J connectivity index is 1.80. The lowest BCUT2D eigenvalue weighted by Crippen LogP contribution is -2.59. The SMILES string of the molecule is O=S1(=O)CCC(C2(Cc3cccc(O)c3)CNC2)C1. The van der Waals surface area contributed by atoms with Gasteiger partial charge in [-0.05, 0) is 36.5 Å². The third-order valence-corrected chi connectivity index (χ3v) is 6.29. The highest BCUT2D eigenvalue weighted by atomic mass is 32.2. The second-order valence-electron chi connectivity index (χ2n) is 5.91. The molecule has 0 amide bonds. The highest BCUT2D eigenvalue weighted by Gasteiger charge is 2.48. The van der Waals surface area contributed by atoms with Crippen LogP contribution in [0.5, 0.6) is 5.75 Å². The number of nitrogens with one attached hydrogen (secondary N) is 1. The van der Waals surface area contributed by atoms with Gasteiger partial charge in [-0.3, -0.25) is 0 Å². The van der Waals surface area contributed by atoms with Crippen molar-refractivity contribution >= 4 is 9.84 Å². The van der Waals surface area contributed by atoms with Gasteiger partial charge >= 0.3 is 0 Å². The molecule has 2 saturated heterocycles. The van der Waals surface area contributed by atoms with Crippen molar-refractivity contribution in [2.45, 2.75) is 12.8 Å². The van der Waals surface area contributed by atoms with Crippen LogP contribution in [-0.2, 0) is 16.3 Å². The summed E-state index contributed by atoms with van der Waals surface area (Å²) in [5.74, 6) is 1.19. The molecule has 1 atom stereocenters. The predicted molar refractivity (Wildman–Crippen MR) is 73.9 cm³/mol. The minimum absolute atomic E-state index is 0.0529. The molecular weight excluding hydrogens is 262 g/mol. The molecule has 5 heteroatoms. The number of hydrogen-bond donors (Lipinski definition) is 2. The average molecular weight is 281 g/mol. The van der Waals surface area contributed by atoms with Crippen LogP contribution >= 0.6 is 0 Å². The molecule has 2 N–H and O–H groups in total. The highest BCUT2D eigenvalue weighted by Crippen LogP contribution is 2.42. The van der Waals surface area contributed by atoms with Gasteiger partial charge in [0.15, 0.2) is 9.84 Å². The van der Waals surface area contributed by atoms with Gasteiger partial charge in [0.25, 0.3) is 0 Å². The second kappa shape index (κ2) is 4.49. The molecule has 1 unspecified atom stereocenters. The standard InChI is InChI=1S/C14H19NO3S/c16-13-3-1-2-11(6-13)7-14(9-15-10-14)12-4-5-19(17,18)8-12/h1-3,6,12,15-16H,4-5,7-10H2. The van der Waals surface area contributed by atoms with Crippen LogP contribution in [0, 0.1) is 11.3 Å². The summed E-state index contributed by atoms with van der Waals surface area (Å²) in [6.45, 7) is 1.76. The molecule has 0 bridgehead atoms. The molecule has 4 nitrogen and oxygen atoms in total. The quantitative estimate of drug-likeness (QED) is 0.866. The van der Waals surface area contributed by atoms with Crippen molar-refractivity contribution < 1.29 is 13.5 Å². The Bertz CT molecular complexity index is 578. The third-order valence-electron chi connectivity index (χ3n) is 4.52. The maximum atomic E-state index is 11.7. The van der Waals surface area contributed by atoms with E-state index in [2.05, 4.69) is 5.32 Å². The zero-order valence-electron chi connectivity index (χ0n) is 10.8. The third kappa shape index (κ3) is 2.49. The summed E-state index contributed by atoms with van der Waals surface area (Å²) in [6.07, 6.45) is 1.62. The van der Waals surface area contributed by atoms with Crippen LogP contribution in [0.1, 0.15) is 12.0 Å². The Morgan fingerprint density at radius 1 is 1.37 bits per heavy atom. The van der Waals surface area contributed by atoms with Crippen molar-refractivity contribution in [3.8, 4) is 5.75 Å². The van der Waals surface area contributed by atoms with E-state index in [0.717, 1.165) is 31.5 Å². The molecule has 0 aliphatic carbocycles.